The van der Waals surface area contributed by atoms with E-state index in [4.69, 9.17) is 16.7 Å². The summed E-state index contributed by atoms with van der Waals surface area (Å²) in [5.41, 5.74) is -0.743. The number of halogens is 1. The SMILES string of the molecule is CC(C)N(CC(=O)O)C(=O)c1c(Cl)cccc1[N+](=O)[O-]. The van der Waals surface area contributed by atoms with Crippen LogP contribution < -0.4 is 0 Å². The molecular formula is C12H13ClN2O5. The summed E-state index contributed by atoms with van der Waals surface area (Å²) in [7, 11) is 0. The fourth-order valence-corrected chi connectivity index (χ4v) is 1.91. The van der Waals surface area contributed by atoms with E-state index in [1.165, 1.54) is 12.1 Å². The standard InChI is InChI=1S/C12H13ClN2O5/c1-7(2)14(6-10(16)17)12(18)11-8(13)4-3-5-9(11)15(19)20/h3-5,7H,6H2,1-2H3,(H,16,17). The van der Waals surface area contributed by atoms with Gasteiger partial charge in [0, 0.05) is 12.1 Å². The van der Waals surface area contributed by atoms with Gasteiger partial charge in [-0.15, -0.1) is 0 Å². The highest BCUT2D eigenvalue weighted by molar-refractivity contribution is 6.34. The summed E-state index contributed by atoms with van der Waals surface area (Å²) in [6, 6.07) is 3.42. The molecule has 1 aromatic carbocycles. The van der Waals surface area contributed by atoms with Crippen molar-refractivity contribution < 1.29 is 19.6 Å². The summed E-state index contributed by atoms with van der Waals surface area (Å²) < 4.78 is 0. The Kier molecular flexibility index (Phi) is 5.04. The quantitative estimate of drug-likeness (QED) is 0.663. The van der Waals surface area contributed by atoms with Crippen molar-refractivity contribution in [3.05, 3.63) is 38.9 Å². The Balaban J connectivity index is 3.31. The lowest BCUT2D eigenvalue weighted by Crippen LogP contribution is -2.41. The van der Waals surface area contributed by atoms with Crippen LogP contribution in [0.2, 0.25) is 5.02 Å². The van der Waals surface area contributed by atoms with Crippen molar-refractivity contribution in [1.29, 1.82) is 0 Å². The molecule has 0 fully saturated rings. The predicted molar refractivity (Wildman–Crippen MR) is 71.9 cm³/mol. The molecule has 0 bridgehead atoms. The van der Waals surface area contributed by atoms with Gasteiger partial charge in [0.05, 0.1) is 9.95 Å². The summed E-state index contributed by atoms with van der Waals surface area (Å²) >= 11 is 5.85. The van der Waals surface area contributed by atoms with Crippen LogP contribution in [-0.2, 0) is 4.79 Å². The average Bonchev–Trinajstić information content (AvgIpc) is 2.34. The van der Waals surface area contributed by atoms with Gasteiger partial charge in [0.2, 0.25) is 0 Å². The number of rotatable bonds is 5. The highest BCUT2D eigenvalue weighted by Crippen LogP contribution is 2.28. The first-order chi connectivity index (χ1) is 9.25. The third-order valence-corrected chi connectivity index (χ3v) is 2.91. The summed E-state index contributed by atoms with van der Waals surface area (Å²) in [5.74, 6) is -1.98. The van der Waals surface area contributed by atoms with E-state index >= 15 is 0 Å². The predicted octanol–water partition coefficient (Wildman–Crippen LogP) is 2.18. The molecule has 0 unspecified atom stereocenters. The number of hydrogen-bond acceptors (Lipinski definition) is 4. The van der Waals surface area contributed by atoms with Crippen LogP contribution in [0.1, 0.15) is 24.2 Å². The maximum Gasteiger partial charge on any atom is 0.323 e. The fourth-order valence-electron chi connectivity index (χ4n) is 1.65. The Bertz CT molecular complexity index is 559. The zero-order valence-corrected chi connectivity index (χ0v) is 11.6. The number of nitro groups is 1. The molecule has 1 amide bonds. The first-order valence-electron chi connectivity index (χ1n) is 5.71. The zero-order chi connectivity index (χ0) is 15.4. The lowest BCUT2D eigenvalue weighted by molar-refractivity contribution is -0.385. The van der Waals surface area contributed by atoms with E-state index in [0.29, 0.717) is 0 Å². The monoisotopic (exact) mass is 300 g/mol. The van der Waals surface area contributed by atoms with E-state index in [1.807, 2.05) is 0 Å². The Morgan fingerprint density at radius 2 is 2.05 bits per heavy atom. The second-order valence-electron chi connectivity index (χ2n) is 4.31. The maximum absolute atomic E-state index is 12.3. The molecule has 1 aromatic rings. The molecule has 0 saturated carbocycles. The van der Waals surface area contributed by atoms with E-state index in [0.717, 1.165) is 11.0 Å². The number of carboxylic acids is 1. The fraction of sp³-hybridized carbons (Fsp3) is 0.333. The van der Waals surface area contributed by atoms with Crippen LogP contribution in [0, 0.1) is 10.1 Å². The normalized spacial score (nSPS) is 10.4. The van der Waals surface area contributed by atoms with Gasteiger partial charge in [0.1, 0.15) is 12.1 Å². The van der Waals surface area contributed by atoms with Gasteiger partial charge in [-0.2, -0.15) is 0 Å². The van der Waals surface area contributed by atoms with E-state index in [-0.39, 0.29) is 10.6 Å². The largest absolute Gasteiger partial charge is 0.480 e. The molecule has 0 saturated heterocycles. The van der Waals surface area contributed by atoms with Crippen molar-refractivity contribution in [3.63, 3.8) is 0 Å². The van der Waals surface area contributed by atoms with Crippen LogP contribution in [-0.4, -0.2) is 39.4 Å². The number of nitrogens with zero attached hydrogens (tertiary/aromatic N) is 2. The van der Waals surface area contributed by atoms with Gasteiger partial charge < -0.3 is 10.0 Å². The smallest absolute Gasteiger partial charge is 0.323 e. The van der Waals surface area contributed by atoms with Crippen molar-refractivity contribution in [1.82, 2.24) is 4.90 Å². The van der Waals surface area contributed by atoms with Crippen LogP contribution in [0.25, 0.3) is 0 Å². The molecule has 8 heteroatoms. The van der Waals surface area contributed by atoms with Crippen molar-refractivity contribution in [3.8, 4) is 0 Å². The average molecular weight is 301 g/mol. The Labute approximate surface area is 119 Å². The van der Waals surface area contributed by atoms with Crippen LogP contribution in [0.5, 0.6) is 0 Å². The third kappa shape index (κ3) is 3.45. The maximum atomic E-state index is 12.3. The van der Waals surface area contributed by atoms with E-state index < -0.39 is 35.1 Å². The minimum absolute atomic E-state index is 0.0831. The first kappa shape index (κ1) is 15.9. The summed E-state index contributed by atoms with van der Waals surface area (Å²) in [6.45, 7) is 2.67. The molecular weight excluding hydrogens is 288 g/mol. The van der Waals surface area contributed by atoms with Crippen LogP contribution in [0.3, 0.4) is 0 Å². The van der Waals surface area contributed by atoms with Gasteiger partial charge in [-0.3, -0.25) is 19.7 Å². The number of hydrogen-bond donors (Lipinski definition) is 1. The van der Waals surface area contributed by atoms with Gasteiger partial charge in [-0.1, -0.05) is 17.7 Å². The van der Waals surface area contributed by atoms with Crippen molar-refractivity contribution in [2.75, 3.05) is 6.54 Å². The van der Waals surface area contributed by atoms with Gasteiger partial charge in [-0.05, 0) is 19.9 Å². The molecule has 0 aromatic heterocycles. The van der Waals surface area contributed by atoms with Crippen LogP contribution in [0.15, 0.2) is 18.2 Å². The summed E-state index contributed by atoms with van der Waals surface area (Å²) in [5, 5.41) is 19.7. The summed E-state index contributed by atoms with van der Waals surface area (Å²) in [4.78, 5) is 34.4. The molecule has 0 heterocycles. The van der Waals surface area contributed by atoms with Crippen LogP contribution in [0.4, 0.5) is 5.69 Å². The molecule has 0 radical (unpaired) electrons. The van der Waals surface area contributed by atoms with Gasteiger partial charge >= 0.3 is 5.97 Å². The third-order valence-electron chi connectivity index (χ3n) is 2.59. The van der Waals surface area contributed by atoms with Crippen LogP contribution >= 0.6 is 11.6 Å². The van der Waals surface area contributed by atoms with Gasteiger partial charge in [0.25, 0.3) is 11.6 Å². The molecule has 0 spiro atoms. The number of carbonyl (C=O) groups excluding carboxylic acids is 1. The highest BCUT2D eigenvalue weighted by Gasteiger charge is 2.29. The van der Waals surface area contributed by atoms with Gasteiger partial charge in [0.15, 0.2) is 0 Å². The number of carboxylic acid groups (broad SMARTS) is 1. The van der Waals surface area contributed by atoms with E-state index in [9.17, 15) is 19.7 Å². The molecule has 0 aliphatic carbocycles. The first-order valence-corrected chi connectivity index (χ1v) is 6.09. The Morgan fingerprint density at radius 3 is 2.50 bits per heavy atom. The minimum Gasteiger partial charge on any atom is -0.480 e. The minimum atomic E-state index is -1.21. The Morgan fingerprint density at radius 1 is 1.45 bits per heavy atom. The molecule has 20 heavy (non-hydrogen) atoms. The second kappa shape index (κ2) is 6.33. The Hall–Kier alpha value is -2.15. The highest BCUT2D eigenvalue weighted by atomic mass is 35.5. The van der Waals surface area contributed by atoms with Crippen molar-refractivity contribution in [2.24, 2.45) is 0 Å². The molecule has 108 valence electrons. The lowest BCUT2D eigenvalue weighted by atomic mass is 10.1. The number of carbonyl (C=O) groups is 2. The van der Waals surface area contributed by atoms with Crippen molar-refractivity contribution >= 4 is 29.2 Å². The zero-order valence-electron chi connectivity index (χ0n) is 10.9. The molecule has 0 aliphatic rings. The van der Waals surface area contributed by atoms with E-state index in [2.05, 4.69) is 0 Å². The summed E-state index contributed by atoms with van der Waals surface area (Å²) in [6.07, 6.45) is 0. The van der Waals surface area contributed by atoms with Crippen molar-refractivity contribution in [2.45, 2.75) is 19.9 Å². The number of amides is 1. The number of aliphatic carboxylic acids is 1. The molecule has 0 atom stereocenters. The molecule has 1 N–H and O–H groups in total. The molecule has 7 nitrogen and oxygen atoms in total. The molecule has 1 rings (SSSR count). The van der Waals surface area contributed by atoms with Gasteiger partial charge in [-0.25, -0.2) is 0 Å². The lowest BCUT2D eigenvalue weighted by Gasteiger charge is -2.25. The molecule has 0 aliphatic heterocycles. The second-order valence-corrected chi connectivity index (χ2v) is 4.72. The topological polar surface area (TPSA) is 101 Å². The number of benzene rings is 1. The van der Waals surface area contributed by atoms with E-state index in [1.54, 1.807) is 13.8 Å². The number of nitro benzene ring substituents is 1.